The smallest absolute Gasteiger partial charge is 0.192 e. The predicted molar refractivity (Wildman–Crippen MR) is 136 cm³/mol. The van der Waals surface area contributed by atoms with Gasteiger partial charge in [-0.05, 0) is 49.1 Å². The third-order valence-corrected chi connectivity index (χ3v) is 16.8. The van der Waals surface area contributed by atoms with Crippen molar-refractivity contribution in [1.29, 1.82) is 0 Å². The second kappa shape index (κ2) is 10.2. The summed E-state index contributed by atoms with van der Waals surface area (Å²) in [4.78, 5) is 0. The standard InChI is InChI=1S/C22H47IO2Si2/c1-17(15-23)14-18(2)20(25-27(12,13)22(7,8)9)19(3)16-24-26(10,11)21(4,5)6/h14,18-20H,15-16H2,1-13H3/b17-14-/t18-,19-,20+/m0/s1. The molecule has 0 fully saturated rings. The number of allylic oxidation sites excluding steroid dienone is 1. The molecular formula is C22H47IO2Si2. The number of alkyl halides is 1. The Morgan fingerprint density at radius 2 is 1.37 bits per heavy atom. The van der Waals surface area contributed by atoms with Crippen LogP contribution in [0.3, 0.4) is 0 Å². The number of hydrogen-bond acceptors (Lipinski definition) is 2. The van der Waals surface area contributed by atoms with Crippen LogP contribution in [0.4, 0.5) is 0 Å². The van der Waals surface area contributed by atoms with Crippen molar-refractivity contribution in [3.8, 4) is 0 Å². The average molecular weight is 527 g/mol. The van der Waals surface area contributed by atoms with E-state index in [1.54, 1.807) is 0 Å². The molecule has 0 heterocycles. The molecule has 0 saturated carbocycles. The molecule has 3 atom stereocenters. The molecule has 0 aliphatic carbocycles. The van der Waals surface area contributed by atoms with E-state index >= 15 is 0 Å². The molecular weight excluding hydrogens is 479 g/mol. The quantitative estimate of drug-likeness (QED) is 0.131. The van der Waals surface area contributed by atoms with Gasteiger partial charge in [-0.25, -0.2) is 0 Å². The Kier molecular flexibility index (Phi) is 10.5. The van der Waals surface area contributed by atoms with E-state index in [0.29, 0.717) is 11.8 Å². The molecule has 5 heteroatoms. The van der Waals surface area contributed by atoms with Crippen LogP contribution < -0.4 is 0 Å². The van der Waals surface area contributed by atoms with Crippen molar-refractivity contribution >= 4 is 39.2 Å². The summed E-state index contributed by atoms with van der Waals surface area (Å²) in [7, 11) is -3.58. The fraction of sp³-hybridized carbons (Fsp3) is 0.909. The first-order chi connectivity index (χ1) is 11.9. The second-order valence-corrected chi connectivity index (χ2v) is 21.7. The molecule has 0 aliphatic rings. The largest absolute Gasteiger partial charge is 0.416 e. The summed E-state index contributed by atoms with van der Waals surface area (Å²) in [5, 5.41) is 0.457. The first-order valence-corrected chi connectivity index (χ1v) is 17.7. The van der Waals surface area contributed by atoms with Crippen molar-refractivity contribution in [1.82, 2.24) is 0 Å². The molecule has 0 aromatic heterocycles. The topological polar surface area (TPSA) is 18.5 Å². The Labute approximate surface area is 186 Å². The maximum absolute atomic E-state index is 6.95. The van der Waals surface area contributed by atoms with Crippen LogP contribution in [0, 0.1) is 11.8 Å². The van der Waals surface area contributed by atoms with Gasteiger partial charge in [0, 0.05) is 17.0 Å². The Hall–Kier alpha value is 0.824. The van der Waals surface area contributed by atoms with Gasteiger partial charge < -0.3 is 8.85 Å². The monoisotopic (exact) mass is 526 g/mol. The lowest BCUT2D eigenvalue weighted by Crippen LogP contribution is -2.49. The van der Waals surface area contributed by atoms with E-state index in [-0.39, 0.29) is 16.2 Å². The van der Waals surface area contributed by atoms with E-state index in [1.165, 1.54) is 5.57 Å². The van der Waals surface area contributed by atoms with E-state index < -0.39 is 16.6 Å². The minimum Gasteiger partial charge on any atom is -0.416 e. The highest BCUT2D eigenvalue weighted by Crippen LogP contribution is 2.40. The third kappa shape index (κ3) is 8.61. The van der Waals surface area contributed by atoms with Crippen molar-refractivity contribution in [3.05, 3.63) is 11.6 Å². The van der Waals surface area contributed by atoms with Crippen molar-refractivity contribution in [3.63, 3.8) is 0 Å². The van der Waals surface area contributed by atoms with E-state index in [0.717, 1.165) is 11.0 Å². The van der Waals surface area contributed by atoms with Crippen LogP contribution in [-0.4, -0.2) is 33.8 Å². The maximum atomic E-state index is 6.95. The Bertz CT molecular complexity index is 488. The van der Waals surface area contributed by atoms with Crippen LogP contribution in [-0.2, 0) is 8.85 Å². The van der Waals surface area contributed by atoms with Gasteiger partial charge in [-0.1, -0.05) is 89.6 Å². The lowest BCUT2D eigenvalue weighted by Gasteiger charge is -2.43. The highest BCUT2D eigenvalue weighted by atomic mass is 127. The zero-order valence-corrected chi connectivity index (χ0v) is 24.6. The molecule has 0 amide bonds. The van der Waals surface area contributed by atoms with Gasteiger partial charge in [0.1, 0.15) is 0 Å². The minimum absolute atomic E-state index is 0.202. The van der Waals surface area contributed by atoms with Gasteiger partial charge in [-0.3, -0.25) is 0 Å². The van der Waals surface area contributed by atoms with Crippen LogP contribution in [0.5, 0.6) is 0 Å². The molecule has 162 valence electrons. The fourth-order valence-corrected chi connectivity index (χ4v) is 5.35. The lowest BCUT2D eigenvalue weighted by atomic mass is 9.93. The van der Waals surface area contributed by atoms with Crippen LogP contribution in [0.15, 0.2) is 11.6 Å². The van der Waals surface area contributed by atoms with E-state index in [4.69, 9.17) is 8.85 Å². The van der Waals surface area contributed by atoms with Gasteiger partial charge in [-0.2, -0.15) is 0 Å². The summed E-state index contributed by atoms with van der Waals surface area (Å²) in [6.45, 7) is 30.9. The van der Waals surface area contributed by atoms with Crippen LogP contribution in [0.1, 0.15) is 62.3 Å². The van der Waals surface area contributed by atoms with Gasteiger partial charge in [0.25, 0.3) is 0 Å². The van der Waals surface area contributed by atoms with Crippen LogP contribution >= 0.6 is 22.6 Å². The number of rotatable bonds is 9. The van der Waals surface area contributed by atoms with Crippen molar-refractivity contribution < 1.29 is 8.85 Å². The third-order valence-electron chi connectivity index (χ3n) is 6.59. The number of hydrogen-bond donors (Lipinski definition) is 0. The van der Waals surface area contributed by atoms with Gasteiger partial charge in [0.2, 0.25) is 0 Å². The maximum Gasteiger partial charge on any atom is 0.192 e. The Morgan fingerprint density at radius 3 is 1.74 bits per heavy atom. The second-order valence-electron chi connectivity index (χ2n) is 11.4. The Morgan fingerprint density at radius 1 is 0.926 bits per heavy atom. The van der Waals surface area contributed by atoms with E-state index in [1.807, 2.05) is 0 Å². The van der Waals surface area contributed by atoms with Crippen molar-refractivity contribution in [2.24, 2.45) is 11.8 Å². The summed E-state index contributed by atoms with van der Waals surface area (Å²) >= 11 is 2.44. The highest BCUT2D eigenvalue weighted by molar-refractivity contribution is 14.1. The molecule has 0 radical (unpaired) electrons. The van der Waals surface area contributed by atoms with E-state index in [2.05, 4.69) is 117 Å². The van der Waals surface area contributed by atoms with Crippen molar-refractivity contribution in [2.75, 3.05) is 11.0 Å². The molecule has 0 unspecified atom stereocenters. The summed E-state index contributed by atoms with van der Waals surface area (Å²) in [5.41, 5.74) is 1.43. The Balaban J connectivity index is 5.52. The van der Waals surface area contributed by atoms with E-state index in [9.17, 15) is 0 Å². The summed E-state index contributed by atoms with van der Waals surface area (Å²) in [5.74, 6) is 0.772. The summed E-state index contributed by atoms with van der Waals surface area (Å²) < 4.78 is 14.6. The molecule has 0 aromatic rings. The van der Waals surface area contributed by atoms with Crippen molar-refractivity contribution in [2.45, 2.75) is 105 Å². The molecule has 0 bridgehead atoms. The molecule has 0 rings (SSSR count). The molecule has 27 heavy (non-hydrogen) atoms. The molecule has 0 aliphatic heterocycles. The first-order valence-electron chi connectivity index (χ1n) is 10.4. The van der Waals surface area contributed by atoms with Crippen LogP contribution in [0.2, 0.25) is 36.3 Å². The number of halogens is 1. The molecule has 0 spiro atoms. The summed E-state index contributed by atoms with van der Waals surface area (Å²) in [6, 6.07) is 0. The SMILES string of the molecule is C/C(=C/[C@H](C)[C@@H](O[Si](C)(C)C(C)(C)C)[C@@H](C)CO[Si](C)(C)C(C)(C)C)CI. The zero-order chi connectivity index (χ0) is 21.8. The minimum atomic E-state index is -1.84. The van der Waals surface area contributed by atoms with Crippen LogP contribution in [0.25, 0.3) is 0 Å². The summed E-state index contributed by atoms with van der Waals surface area (Å²) in [6.07, 6.45) is 2.61. The lowest BCUT2D eigenvalue weighted by molar-refractivity contribution is 0.0624. The first kappa shape index (κ1) is 27.8. The highest BCUT2D eigenvalue weighted by Gasteiger charge is 2.42. The zero-order valence-electron chi connectivity index (χ0n) is 20.4. The molecule has 0 saturated heterocycles. The molecule has 0 N–H and O–H groups in total. The van der Waals surface area contributed by atoms with Gasteiger partial charge in [-0.15, -0.1) is 0 Å². The van der Waals surface area contributed by atoms with Gasteiger partial charge in [0.15, 0.2) is 16.6 Å². The molecule has 0 aromatic carbocycles. The van der Waals surface area contributed by atoms with Gasteiger partial charge >= 0.3 is 0 Å². The van der Waals surface area contributed by atoms with Gasteiger partial charge in [0.05, 0.1) is 6.10 Å². The molecule has 2 nitrogen and oxygen atoms in total. The average Bonchev–Trinajstić information content (AvgIpc) is 2.47. The normalized spacial score (nSPS) is 18.4. The fourth-order valence-electron chi connectivity index (χ4n) is 2.50. The predicted octanol–water partition coefficient (Wildman–Crippen LogP) is 8.05.